The molecule has 110 valence electrons. The van der Waals surface area contributed by atoms with Crippen molar-refractivity contribution in [3.05, 3.63) is 0 Å². The Balaban J connectivity index is 2.67. The third kappa shape index (κ3) is 5.35. The van der Waals surface area contributed by atoms with Gasteiger partial charge in [-0.15, -0.1) is 0 Å². The van der Waals surface area contributed by atoms with Gasteiger partial charge in [-0.1, -0.05) is 12.8 Å². The van der Waals surface area contributed by atoms with Crippen molar-refractivity contribution >= 4 is 12.0 Å². The molecular formula is C11H17F3N2O3. The molecule has 0 aromatic heterocycles. The van der Waals surface area contributed by atoms with Crippen molar-refractivity contribution in [2.24, 2.45) is 0 Å². The number of halogens is 3. The van der Waals surface area contributed by atoms with Crippen molar-refractivity contribution in [1.82, 2.24) is 10.2 Å². The first kappa shape index (κ1) is 15.6. The van der Waals surface area contributed by atoms with Crippen LogP contribution in [0.2, 0.25) is 0 Å². The monoisotopic (exact) mass is 282 g/mol. The molecule has 0 bridgehead atoms. The number of aliphatic carboxylic acids is 1. The summed E-state index contributed by atoms with van der Waals surface area (Å²) in [6.07, 6.45) is -1.45. The second-order valence-corrected chi connectivity index (χ2v) is 5.06. The Morgan fingerprint density at radius 2 is 1.84 bits per heavy atom. The number of nitrogens with zero attached hydrogens (tertiary/aromatic N) is 1. The summed E-state index contributed by atoms with van der Waals surface area (Å²) in [6.45, 7) is -0.785. The van der Waals surface area contributed by atoms with Crippen LogP contribution in [-0.4, -0.2) is 46.8 Å². The SMILES string of the molecule is CC1(NC(=O)N(CC(=O)O)CC(F)(F)F)CCCC1. The molecule has 0 aromatic carbocycles. The molecule has 1 aliphatic rings. The number of hydrogen-bond acceptors (Lipinski definition) is 2. The molecule has 0 aliphatic heterocycles. The van der Waals surface area contributed by atoms with Gasteiger partial charge in [0.05, 0.1) is 0 Å². The van der Waals surface area contributed by atoms with Gasteiger partial charge in [0.2, 0.25) is 0 Å². The standard InChI is InChI=1S/C11H17F3N2O3/c1-10(4-2-3-5-10)15-9(19)16(6-8(17)18)7-11(12,13)14/h2-7H2,1H3,(H,15,19)(H,17,18). The Labute approximate surface area is 108 Å². The summed E-state index contributed by atoms with van der Waals surface area (Å²) in [4.78, 5) is 22.6. The summed E-state index contributed by atoms with van der Waals surface area (Å²) < 4.78 is 36.9. The van der Waals surface area contributed by atoms with Crippen LogP contribution in [0.15, 0.2) is 0 Å². The average molecular weight is 282 g/mol. The molecule has 0 aromatic rings. The van der Waals surface area contributed by atoms with Crippen LogP contribution < -0.4 is 5.32 Å². The topological polar surface area (TPSA) is 69.6 Å². The number of carbonyl (C=O) groups is 2. The van der Waals surface area contributed by atoms with Crippen molar-refractivity contribution in [2.45, 2.75) is 44.3 Å². The zero-order chi connectivity index (χ0) is 14.7. The number of amides is 2. The van der Waals surface area contributed by atoms with E-state index in [0.29, 0.717) is 12.8 Å². The van der Waals surface area contributed by atoms with E-state index in [4.69, 9.17) is 5.11 Å². The number of carboxylic acids is 1. The van der Waals surface area contributed by atoms with Crippen LogP contribution in [0.25, 0.3) is 0 Å². The first-order valence-electron chi connectivity index (χ1n) is 5.97. The normalized spacial score (nSPS) is 18.1. The molecule has 1 saturated carbocycles. The number of nitrogens with one attached hydrogen (secondary N) is 1. The van der Waals surface area contributed by atoms with Crippen LogP contribution in [0.1, 0.15) is 32.6 Å². The number of urea groups is 1. The van der Waals surface area contributed by atoms with Crippen LogP contribution in [0.3, 0.4) is 0 Å². The molecule has 1 fully saturated rings. The average Bonchev–Trinajstić information content (AvgIpc) is 2.60. The molecule has 1 rings (SSSR count). The van der Waals surface area contributed by atoms with Gasteiger partial charge in [0.25, 0.3) is 0 Å². The van der Waals surface area contributed by atoms with Gasteiger partial charge in [-0.05, 0) is 19.8 Å². The third-order valence-corrected chi connectivity index (χ3v) is 3.10. The van der Waals surface area contributed by atoms with E-state index in [-0.39, 0.29) is 4.90 Å². The predicted molar refractivity (Wildman–Crippen MR) is 60.7 cm³/mol. The van der Waals surface area contributed by atoms with Crippen molar-refractivity contribution in [1.29, 1.82) is 0 Å². The first-order chi connectivity index (χ1) is 8.61. The fourth-order valence-corrected chi connectivity index (χ4v) is 2.20. The first-order valence-corrected chi connectivity index (χ1v) is 5.97. The number of hydrogen-bond donors (Lipinski definition) is 2. The maximum Gasteiger partial charge on any atom is 0.406 e. The Hall–Kier alpha value is -1.47. The summed E-state index contributed by atoms with van der Waals surface area (Å²) in [6, 6.07) is -0.982. The highest BCUT2D eigenvalue weighted by molar-refractivity contribution is 5.80. The number of alkyl halides is 3. The molecule has 19 heavy (non-hydrogen) atoms. The maximum atomic E-state index is 12.3. The summed E-state index contributed by atoms with van der Waals surface area (Å²) in [5, 5.41) is 11.1. The van der Waals surface area contributed by atoms with E-state index in [9.17, 15) is 22.8 Å². The van der Waals surface area contributed by atoms with E-state index in [2.05, 4.69) is 5.32 Å². The van der Waals surface area contributed by atoms with Gasteiger partial charge in [0.1, 0.15) is 13.1 Å². The summed E-state index contributed by atoms with van der Waals surface area (Å²) in [5.74, 6) is -1.48. The van der Waals surface area contributed by atoms with Crippen molar-refractivity contribution in [3.63, 3.8) is 0 Å². The van der Waals surface area contributed by atoms with E-state index in [1.165, 1.54) is 0 Å². The Kier molecular flexibility index (Phi) is 4.65. The van der Waals surface area contributed by atoms with E-state index in [1.54, 1.807) is 6.92 Å². The summed E-state index contributed by atoms with van der Waals surface area (Å²) in [5.41, 5.74) is -0.542. The fraction of sp³-hybridized carbons (Fsp3) is 0.818. The third-order valence-electron chi connectivity index (χ3n) is 3.10. The Morgan fingerprint density at radius 1 is 1.32 bits per heavy atom. The maximum absolute atomic E-state index is 12.3. The lowest BCUT2D eigenvalue weighted by molar-refractivity contribution is -0.149. The number of carboxylic acid groups (broad SMARTS) is 1. The molecule has 2 amide bonds. The molecule has 2 N–H and O–H groups in total. The second-order valence-electron chi connectivity index (χ2n) is 5.06. The minimum atomic E-state index is -4.62. The molecule has 0 unspecified atom stereocenters. The van der Waals surface area contributed by atoms with Gasteiger partial charge in [-0.25, -0.2) is 4.79 Å². The largest absolute Gasteiger partial charge is 0.480 e. The van der Waals surface area contributed by atoms with Crippen LogP contribution in [-0.2, 0) is 4.79 Å². The lowest BCUT2D eigenvalue weighted by Crippen LogP contribution is -2.53. The van der Waals surface area contributed by atoms with Crippen LogP contribution >= 0.6 is 0 Å². The molecule has 0 radical (unpaired) electrons. The van der Waals surface area contributed by atoms with Crippen molar-refractivity contribution in [2.75, 3.05) is 13.1 Å². The quantitative estimate of drug-likeness (QED) is 0.828. The van der Waals surface area contributed by atoms with E-state index >= 15 is 0 Å². The molecule has 0 atom stereocenters. The molecule has 8 heteroatoms. The fourth-order valence-electron chi connectivity index (χ4n) is 2.20. The second kappa shape index (κ2) is 5.66. The van der Waals surface area contributed by atoms with Crippen LogP contribution in [0, 0.1) is 0 Å². The minimum Gasteiger partial charge on any atom is -0.480 e. The van der Waals surface area contributed by atoms with Crippen LogP contribution in [0.5, 0.6) is 0 Å². The zero-order valence-corrected chi connectivity index (χ0v) is 10.6. The number of rotatable bonds is 4. The molecule has 0 spiro atoms. The van der Waals surface area contributed by atoms with E-state index in [1.807, 2.05) is 0 Å². The Morgan fingerprint density at radius 3 is 2.26 bits per heavy atom. The highest BCUT2D eigenvalue weighted by Gasteiger charge is 2.37. The van der Waals surface area contributed by atoms with Gasteiger partial charge >= 0.3 is 18.2 Å². The van der Waals surface area contributed by atoms with Gasteiger partial charge in [0, 0.05) is 5.54 Å². The van der Waals surface area contributed by atoms with E-state index < -0.39 is 36.8 Å². The van der Waals surface area contributed by atoms with Crippen molar-refractivity contribution in [3.8, 4) is 0 Å². The lowest BCUT2D eigenvalue weighted by Gasteiger charge is -2.30. The zero-order valence-electron chi connectivity index (χ0n) is 10.6. The lowest BCUT2D eigenvalue weighted by atomic mass is 10.0. The Bertz CT molecular complexity index is 352. The highest BCUT2D eigenvalue weighted by atomic mass is 19.4. The van der Waals surface area contributed by atoms with Crippen molar-refractivity contribution < 1.29 is 27.9 Å². The van der Waals surface area contributed by atoms with Gasteiger partial charge in [0.15, 0.2) is 0 Å². The smallest absolute Gasteiger partial charge is 0.406 e. The van der Waals surface area contributed by atoms with Gasteiger partial charge in [-0.3, -0.25) is 4.79 Å². The van der Waals surface area contributed by atoms with Gasteiger partial charge < -0.3 is 15.3 Å². The van der Waals surface area contributed by atoms with Gasteiger partial charge in [-0.2, -0.15) is 13.2 Å². The molecule has 1 aliphatic carbocycles. The molecule has 0 heterocycles. The summed E-state index contributed by atoms with van der Waals surface area (Å²) in [7, 11) is 0. The van der Waals surface area contributed by atoms with Crippen LogP contribution in [0.4, 0.5) is 18.0 Å². The highest BCUT2D eigenvalue weighted by Crippen LogP contribution is 2.29. The minimum absolute atomic E-state index is 0.270. The van der Waals surface area contributed by atoms with E-state index in [0.717, 1.165) is 12.8 Å². The predicted octanol–water partition coefficient (Wildman–Crippen LogP) is 1.98. The molecule has 5 nitrogen and oxygen atoms in total. The molecular weight excluding hydrogens is 265 g/mol. The summed E-state index contributed by atoms with van der Waals surface area (Å²) >= 11 is 0. The number of carbonyl (C=O) groups excluding carboxylic acids is 1. The molecule has 0 saturated heterocycles.